The largest absolute Gasteiger partial charge is 0.497 e. The van der Waals surface area contributed by atoms with Crippen LogP contribution in [0.15, 0.2) is 42.0 Å². The Morgan fingerprint density at radius 3 is 2.84 bits per heavy atom. The second-order valence-electron chi connectivity index (χ2n) is 9.96. The van der Waals surface area contributed by atoms with E-state index < -0.39 is 0 Å². The lowest BCUT2D eigenvalue weighted by Gasteiger charge is -2.49. The van der Waals surface area contributed by atoms with Gasteiger partial charge in [0.1, 0.15) is 5.75 Å². The number of hydrogen-bond donors (Lipinski definition) is 1. The molecule has 2 aromatic rings. The molecule has 2 aromatic carbocycles. The third-order valence-corrected chi connectivity index (χ3v) is 8.55. The lowest BCUT2D eigenvalue weighted by Crippen LogP contribution is -2.44. The van der Waals surface area contributed by atoms with Crippen molar-refractivity contribution in [1.82, 2.24) is 0 Å². The number of methoxy groups -OCH3 is 1. The molecule has 162 valence electrons. The zero-order valence-corrected chi connectivity index (χ0v) is 18.3. The monoisotopic (exact) mass is 418 g/mol. The lowest BCUT2D eigenvalue weighted by atomic mass is 9.55. The standard InChI is InChI=1S/C27H30O4/c1-27-10-9-21-20-7-5-19(29-2)13-17(20)4-6-22(21)23(27)14-18(26(27)28)11-16-3-8-24-25(12-16)31-15-30-24/h3,5,7-8,11-13,21-23,26,28H,4,6,9-10,14-15H2,1-2H3/b18-11+/t21-,22+,23+,26+,27+/m1/s1. The molecule has 2 saturated carbocycles. The molecule has 2 fully saturated rings. The second kappa shape index (κ2) is 7.03. The molecule has 0 unspecified atom stereocenters. The Kier molecular flexibility index (Phi) is 4.36. The van der Waals surface area contributed by atoms with Crippen LogP contribution in [0.25, 0.3) is 6.08 Å². The maximum absolute atomic E-state index is 11.4. The minimum atomic E-state index is -0.374. The summed E-state index contributed by atoms with van der Waals surface area (Å²) in [5, 5.41) is 11.4. The van der Waals surface area contributed by atoms with Crippen LogP contribution in [0.5, 0.6) is 17.2 Å². The van der Waals surface area contributed by atoms with Gasteiger partial charge in [-0.15, -0.1) is 0 Å². The van der Waals surface area contributed by atoms with Crippen LogP contribution in [0.3, 0.4) is 0 Å². The number of hydrogen-bond acceptors (Lipinski definition) is 4. The van der Waals surface area contributed by atoms with Crippen molar-refractivity contribution in [1.29, 1.82) is 0 Å². The summed E-state index contributed by atoms with van der Waals surface area (Å²) in [5.74, 6) is 4.32. The smallest absolute Gasteiger partial charge is 0.231 e. The molecule has 4 nitrogen and oxygen atoms in total. The first-order chi connectivity index (χ1) is 15.1. The van der Waals surface area contributed by atoms with Crippen molar-refractivity contribution in [2.75, 3.05) is 13.9 Å². The van der Waals surface area contributed by atoms with Gasteiger partial charge >= 0.3 is 0 Å². The molecule has 6 rings (SSSR count). The molecule has 0 radical (unpaired) electrons. The first-order valence-electron chi connectivity index (χ1n) is 11.5. The maximum atomic E-state index is 11.4. The number of benzene rings is 2. The molecule has 1 heterocycles. The zero-order chi connectivity index (χ0) is 21.2. The number of fused-ring (bicyclic) bond motifs is 6. The molecule has 3 aliphatic carbocycles. The molecule has 0 amide bonds. The SMILES string of the molecule is COc1ccc2c(c1)CC[C@H]1[C@@H]2CC[C@]2(C)[C@@H](O)/C(=C/c3ccc4c(c3)OCO4)C[C@@H]12. The third-order valence-electron chi connectivity index (χ3n) is 8.55. The van der Waals surface area contributed by atoms with Crippen molar-refractivity contribution in [3.05, 3.63) is 58.7 Å². The summed E-state index contributed by atoms with van der Waals surface area (Å²) in [6, 6.07) is 12.7. The molecule has 31 heavy (non-hydrogen) atoms. The van der Waals surface area contributed by atoms with E-state index in [1.54, 1.807) is 7.11 Å². The topological polar surface area (TPSA) is 47.9 Å². The number of aliphatic hydroxyl groups is 1. The van der Waals surface area contributed by atoms with Crippen molar-refractivity contribution >= 4 is 6.08 Å². The van der Waals surface area contributed by atoms with Gasteiger partial charge in [-0.05, 0) is 96.4 Å². The fourth-order valence-corrected chi connectivity index (χ4v) is 6.90. The predicted molar refractivity (Wildman–Crippen MR) is 120 cm³/mol. The highest BCUT2D eigenvalue weighted by atomic mass is 16.7. The van der Waals surface area contributed by atoms with E-state index >= 15 is 0 Å². The van der Waals surface area contributed by atoms with Gasteiger partial charge in [-0.2, -0.15) is 0 Å². The fraction of sp³-hybridized carbons (Fsp3) is 0.481. The van der Waals surface area contributed by atoms with Crippen molar-refractivity contribution in [3.63, 3.8) is 0 Å². The van der Waals surface area contributed by atoms with Crippen LogP contribution in [0.2, 0.25) is 0 Å². The summed E-state index contributed by atoms with van der Waals surface area (Å²) < 4.78 is 16.4. The Labute approximate surface area is 183 Å². The Bertz CT molecular complexity index is 1060. The van der Waals surface area contributed by atoms with E-state index in [0.29, 0.717) is 17.8 Å². The van der Waals surface area contributed by atoms with Gasteiger partial charge in [0.25, 0.3) is 0 Å². The number of rotatable bonds is 2. The molecule has 0 aromatic heterocycles. The Morgan fingerprint density at radius 2 is 1.97 bits per heavy atom. The van der Waals surface area contributed by atoms with E-state index in [-0.39, 0.29) is 18.3 Å². The maximum Gasteiger partial charge on any atom is 0.231 e. The Balaban J connectivity index is 1.31. The quantitative estimate of drug-likeness (QED) is 0.716. The molecule has 4 aliphatic rings. The van der Waals surface area contributed by atoms with Gasteiger partial charge in [-0.3, -0.25) is 0 Å². The van der Waals surface area contributed by atoms with Crippen LogP contribution in [0.4, 0.5) is 0 Å². The van der Waals surface area contributed by atoms with Crippen LogP contribution in [0, 0.1) is 17.3 Å². The fourth-order valence-electron chi connectivity index (χ4n) is 6.90. The van der Waals surface area contributed by atoms with Crippen molar-refractivity contribution in [3.8, 4) is 17.2 Å². The molecule has 1 N–H and O–H groups in total. The summed E-state index contributed by atoms with van der Waals surface area (Å²) in [6.07, 6.45) is 7.34. The normalized spacial score (nSPS) is 34.2. The van der Waals surface area contributed by atoms with Gasteiger partial charge in [-0.1, -0.05) is 25.1 Å². The van der Waals surface area contributed by atoms with Gasteiger partial charge in [-0.25, -0.2) is 0 Å². The van der Waals surface area contributed by atoms with E-state index in [0.717, 1.165) is 48.5 Å². The van der Waals surface area contributed by atoms with Crippen LogP contribution in [-0.2, 0) is 6.42 Å². The number of ether oxygens (including phenoxy) is 3. The average molecular weight is 419 g/mol. The minimum absolute atomic E-state index is 0.0344. The van der Waals surface area contributed by atoms with Crippen molar-refractivity contribution in [2.24, 2.45) is 17.3 Å². The summed E-state index contributed by atoms with van der Waals surface area (Å²) >= 11 is 0. The molecule has 1 aliphatic heterocycles. The average Bonchev–Trinajstić information content (AvgIpc) is 3.36. The molecule has 5 atom stereocenters. The highest BCUT2D eigenvalue weighted by Crippen LogP contribution is 2.62. The Hall–Kier alpha value is -2.46. The van der Waals surface area contributed by atoms with Crippen LogP contribution in [0.1, 0.15) is 55.2 Å². The summed E-state index contributed by atoms with van der Waals surface area (Å²) in [5.41, 5.74) is 5.19. The third kappa shape index (κ3) is 2.91. The van der Waals surface area contributed by atoms with E-state index in [1.165, 1.54) is 23.1 Å². The molecule has 0 saturated heterocycles. The Morgan fingerprint density at radius 1 is 1.10 bits per heavy atom. The first kappa shape index (κ1) is 19.2. The summed E-state index contributed by atoms with van der Waals surface area (Å²) in [7, 11) is 1.74. The highest BCUT2D eigenvalue weighted by Gasteiger charge is 2.56. The number of aryl methyl sites for hydroxylation is 1. The van der Waals surface area contributed by atoms with Crippen LogP contribution in [-0.4, -0.2) is 25.1 Å². The van der Waals surface area contributed by atoms with Gasteiger partial charge in [0.05, 0.1) is 13.2 Å². The highest BCUT2D eigenvalue weighted by molar-refractivity contribution is 5.60. The van der Waals surface area contributed by atoms with Crippen LogP contribution < -0.4 is 14.2 Å². The van der Waals surface area contributed by atoms with Crippen molar-refractivity contribution < 1.29 is 19.3 Å². The molecular weight excluding hydrogens is 388 g/mol. The van der Waals surface area contributed by atoms with E-state index in [2.05, 4.69) is 37.3 Å². The van der Waals surface area contributed by atoms with Crippen molar-refractivity contribution in [2.45, 2.75) is 51.0 Å². The lowest BCUT2D eigenvalue weighted by molar-refractivity contribution is -0.0158. The van der Waals surface area contributed by atoms with Gasteiger partial charge in [0.15, 0.2) is 11.5 Å². The van der Waals surface area contributed by atoms with E-state index in [9.17, 15) is 5.11 Å². The molecule has 4 heteroatoms. The molecule has 0 bridgehead atoms. The number of aliphatic hydroxyl groups excluding tert-OH is 1. The molecule has 0 spiro atoms. The van der Waals surface area contributed by atoms with E-state index in [1.807, 2.05) is 12.1 Å². The van der Waals surface area contributed by atoms with Crippen LogP contribution >= 0.6 is 0 Å². The summed E-state index contributed by atoms with van der Waals surface area (Å²) in [4.78, 5) is 0. The van der Waals surface area contributed by atoms with Gasteiger partial charge in [0.2, 0.25) is 6.79 Å². The minimum Gasteiger partial charge on any atom is -0.497 e. The van der Waals surface area contributed by atoms with E-state index in [4.69, 9.17) is 14.2 Å². The first-order valence-corrected chi connectivity index (χ1v) is 11.5. The second-order valence-corrected chi connectivity index (χ2v) is 9.96. The molecular formula is C27H30O4. The van der Waals surface area contributed by atoms with Gasteiger partial charge in [0, 0.05) is 5.41 Å². The summed E-state index contributed by atoms with van der Waals surface area (Å²) in [6.45, 7) is 2.61. The zero-order valence-electron chi connectivity index (χ0n) is 18.3. The predicted octanol–water partition coefficient (Wildman–Crippen LogP) is 5.33. The van der Waals surface area contributed by atoms with Gasteiger partial charge < -0.3 is 19.3 Å².